The van der Waals surface area contributed by atoms with Crippen molar-refractivity contribution in [2.45, 2.75) is 33.6 Å². The number of piperidine rings is 1. The number of methoxy groups -OCH3 is 1. The van der Waals surface area contributed by atoms with E-state index in [1.165, 1.54) is 19.1 Å². The summed E-state index contributed by atoms with van der Waals surface area (Å²) >= 11 is 0. The number of aliphatic imine (C=N–C) groups is 2. The van der Waals surface area contributed by atoms with E-state index in [4.69, 9.17) is 10.5 Å². The number of ether oxygens (including phenoxy) is 1. The van der Waals surface area contributed by atoms with Gasteiger partial charge in [-0.1, -0.05) is 19.9 Å². The largest absolute Gasteiger partial charge is 0.382 e. The lowest BCUT2D eigenvalue weighted by Gasteiger charge is -2.36. The third-order valence-electron chi connectivity index (χ3n) is 5.36. The number of nitrogens with zero attached hydrogens (tertiary/aromatic N) is 3. The molecule has 8 heteroatoms. The van der Waals surface area contributed by atoms with E-state index in [-0.39, 0.29) is 22.9 Å². The van der Waals surface area contributed by atoms with Crippen molar-refractivity contribution in [3.8, 4) is 0 Å². The molecule has 0 amide bonds. The molecule has 2 heterocycles. The van der Waals surface area contributed by atoms with Crippen molar-refractivity contribution in [1.29, 1.82) is 0 Å². The molecule has 0 unspecified atom stereocenters. The predicted molar refractivity (Wildman–Crippen MR) is 128 cm³/mol. The first-order valence-corrected chi connectivity index (χ1v) is 11.0. The van der Waals surface area contributed by atoms with E-state index in [0.717, 1.165) is 31.6 Å². The Hall–Kier alpha value is -2.84. The third-order valence-corrected chi connectivity index (χ3v) is 5.36. The SMILES string of the molecule is C=N/C(=C1/C(N)=NC=C(COC)N1C[C@@H]1CCCNC1)c1ccc(C(C)=O)cc1F.CC. The minimum Gasteiger partial charge on any atom is -0.382 e. The van der Waals surface area contributed by atoms with E-state index in [0.29, 0.717) is 30.3 Å². The zero-order valence-corrected chi connectivity index (χ0v) is 19.4. The summed E-state index contributed by atoms with van der Waals surface area (Å²) in [6.07, 6.45) is 3.85. The van der Waals surface area contributed by atoms with Crippen LogP contribution >= 0.6 is 0 Å². The number of hydrogen-bond acceptors (Lipinski definition) is 7. The smallest absolute Gasteiger partial charge is 0.159 e. The molecule has 1 aromatic rings. The molecular weight excluding hydrogens is 409 g/mol. The lowest BCUT2D eigenvalue weighted by molar-refractivity contribution is 0.101. The highest BCUT2D eigenvalue weighted by molar-refractivity contribution is 6.05. The van der Waals surface area contributed by atoms with Gasteiger partial charge in [-0.15, -0.1) is 0 Å². The van der Waals surface area contributed by atoms with E-state index in [2.05, 4.69) is 22.0 Å². The van der Waals surface area contributed by atoms with Crippen LogP contribution in [0.3, 0.4) is 0 Å². The number of ketones is 1. The number of hydrogen-bond donors (Lipinski definition) is 2. The van der Waals surface area contributed by atoms with Crippen molar-refractivity contribution in [3.63, 3.8) is 0 Å². The van der Waals surface area contributed by atoms with Gasteiger partial charge in [-0.3, -0.25) is 9.79 Å². The first-order chi connectivity index (χ1) is 15.5. The van der Waals surface area contributed by atoms with Crippen LogP contribution in [-0.2, 0) is 4.74 Å². The first kappa shape index (κ1) is 25.4. The van der Waals surface area contributed by atoms with Gasteiger partial charge in [-0.2, -0.15) is 0 Å². The number of carbonyl (C=O) groups is 1. The Morgan fingerprint density at radius 2 is 2.19 bits per heavy atom. The molecule has 1 atom stereocenters. The zero-order valence-electron chi connectivity index (χ0n) is 19.4. The maximum Gasteiger partial charge on any atom is 0.159 e. The second-order valence-electron chi connectivity index (χ2n) is 7.50. The predicted octanol–water partition coefficient (Wildman–Crippen LogP) is 3.58. The number of rotatable bonds is 7. The summed E-state index contributed by atoms with van der Waals surface area (Å²) in [6.45, 7) is 11.9. The maximum absolute atomic E-state index is 14.9. The standard InChI is InChI=1S/C22H28FN5O2.C2H6/c1-14(29)16-6-7-18(19(23)9-16)20(25-2)21-22(24)27-11-17(13-30-3)28(21)12-15-5-4-8-26-10-15;1-2/h6-7,9,11,15,26H,2,4-5,8,10,12-13H2,1,3H3,(H2,24,27);1-2H3/b21-20-;/t15-;/m1./s1. The van der Waals surface area contributed by atoms with Crippen LogP contribution in [0, 0.1) is 11.7 Å². The molecule has 1 saturated heterocycles. The van der Waals surface area contributed by atoms with Crippen LogP contribution in [0.4, 0.5) is 4.39 Å². The fourth-order valence-corrected chi connectivity index (χ4v) is 3.83. The molecule has 1 aromatic carbocycles. The normalized spacial score (nSPS) is 19.9. The molecule has 174 valence electrons. The van der Waals surface area contributed by atoms with Crippen molar-refractivity contribution in [1.82, 2.24) is 10.2 Å². The van der Waals surface area contributed by atoms with Gasteiger partial charge in [-0.25, -0.2) is 9.38 Å². The number of nitrogens with one attached hydrogen (secondary N) is 1. The van der Waals surface area contributed by atoms with Crippen LogP contribution in [0.5, 0.6) is 0 Å². The van der Waals surface area contributed by atoms with Crippen LogP contribution in [-0.4, -0.2) is 56.6 Å². The van der Waals surface area contributed by atoms with E-state index in [9.17, 15) is 9.18 Å². The van der Waals surface area contributed by atoms with Crippen molar-refractivity contribution in [2.75, 3.05) is 33.4 Å². The minimum absolute atomic E-state index is 0.211. The van der Waals surface area contributed by atoms with Crippen LogP contribution < -0.4 is 11.1 Å². The van der Waals surface area contributed by atoms with E-state index < -0.39 is 5.82 Å². The van der Waals surface area contributed by atoms with Gasteiger partial charge in [0.05, 0.1) is 24.2 Å². The number of benzene rings is 1. The van der Waals surface area contributed by atoms with Crippen LogP contribution in [0.2, 0.25) is 0 Å². The van der Waals surface area contributed by atoms with Gasteiger partial charge < -0.3 is 20.7 Å². The second kappa shape index (κ2) is 12.3. The van der Waals surface area contributed by atoms with Crippen LogP contribution in [0.1, 0.15) is 49.5 Å². The Kier molecular flexibility index (Phi) is 9.74. The molecule has 2 aliphatic rings. The van der Waals surface area contributed by atoms with Crippen molar-refractivity contribution in [3.05, 3.63) is 52.7 Å². The molecular formula is C24H34FN5O2. The second-order valence-corrected chi connectivity index (χ2v) is 7.50. The fourth-order valence-electron chi connectivity index (χ4n) is 3.83. The van der Waals surface area contributed by atoms with Crippen molar-refractivity contribution in [2.24, 2.45) is 21.6 Å². The van der Waals surface area contributed by atoms with Crippen LogP contribution in [0.25, 0.3) is 5.70 Å². The number of amidine groups is 1. The molecule has 0 spiro atoms. The zero-order chi connectivity index (χ0) is 23.7. The Labute approximate surface area is 189 Å². The molecule has 3 N–H and O–H groups in total. The Morgan fingerprint density at radius 3 is 2.75 bits per heavy atom. The molecule has 7 nitrogen and oxygen atoms in total. The summed E-state index contributed by atoms with van der Waals surface area (Å²) < 4.78 is 20.3. The average Bonchev–Trinajstić information content (AvgIpc) is 2.80. The quantitative estimate of drug-likeness (QED) is 0.496. The molecule has 2 aliphatic heterocycles. The topological polar surface area (TPSA) is 92.3 Å². The molecule has 0 bridgehead atoms. The average molecular weight is 444 g/mol. The maximum atomic E-state index is 14.9. The highest BCUT2D eigenvalue weighted by atomic mass is 19.1. The van der Waals surface area contributed by atoms with E-state index in [1.54, 1.807) is 19.4 Å². The monoisotopic (exact) mass is 443 g/mol. The molecule has 1 fully saturated rings. The number of halogens is 1. The number of nitrogens with two attached hydrogens (primary N) is 1. The molecule has 3 rings (SSSR count). The summed E-state index contributed by atoms with van der Waals surface area (Å²) in [6, 6.07) is 4.32. The van der Waals surface area contributed by atoms with Gasteiger partial charge in [0.1, 0.15) is 17.3 Å². The summed E-state index contributed by atoms with van der Waals surface area (Å²) in [7, 11) is 1.61. The van der Waals surface area contributed by atoms with Gasteiger partial charge in [0.2, 0.25) is 0 Å². The lowest BCUT2D eigenvalue weighted by Crippen LogP contribution is -2.42. The van der Waals surface area contributed by atoms with Gasteiger partial charge in [0, 0.05) is 24.8 Å². The highest BCUT2D eigenvalue weighted by Gasteiger charge is 2.29. The molecule has 0 radical (unpaired) electrons. The fraction of sp³-hybridized carbons (Fsp3) is 0.458. The van der Waals surface area contributed by atoms with Gasteiger partial charge in [-0.05, 0) is 57.6 Å². The summed E-state index contributed by atoms with van der Waals surface area (Å²) in [5, 5.41) is 3.42. The third kappa shape index (κ3) is 5.89. The Bertz CT molecular complexity index is 917. The molecule has 0 aromatic heterocycles. The molecule has 32 heavy (non-hydrogen) atoms. The van der Waals surface area contributed by atoms with Crippen LogP contribution in [0.15, 0.2) is 45.8 Å². The summed E-state index contributed by atoms with van der Waals surface area (Å²) in [4.78, 5) is 22.0. The van der Waals surface area contributed by atoms with Crippen molar-refractivity contribution >= 4 is 24.0 Å². The summed E-state index contributed by atoms with van der Waals surface area (Å²) in [5.41, 5.74) is 8.37. The van der Waals surface area contributed by atoms with Gasteiger partial charge in [0.15, 0.2) is 5.78 Å². The van der Waals surface area contributed by atoms with E-state index in [1.807, 2.05) is 18.7 Å². The molecule has 0 saturated carbocycles. The highest BCUT2D eigenvalue weighted by Crippen LogP contribution is 2.31. The van der Waals surface area contributed by atoms with Gasteiger partial charge in [0.25, 0.3) is 0 Å². The van der Waals surface area contributed by atoms with E-state index >= 15 is 0 Å². The summed E-state index contributed by atoms with van der Waals surface area (Å²) in [5.74, 6) is -0.156. The Morgan fingerprint density at radius 1 is 1.44 bits per heavy atom. The lowest BCUT2D eigenvalue weighted by atomic mass is 9.97. The first-order valence-electron chi connectivity index (χ1n) is 11.0. The Balaban J connectivity index is 0.00000176. The molecule has 0 aliphatic carbocycles. The van der Waals surface area contributed by atoms with Gasteiger partial charge >= 0.3 is 0 Å². The minimum atomic E-state index is -0.562. The van der Waals surface area contributed by atoms with Crippen molar-refractivity contribution < 1.29 is 13.9 Å². The number of Topliss-reactive ketones (excluding diaryl/α,β-unsaturated/α-hetero) is 1. The number of carbonyl (C=O) groups excluding carboxylic acids is 1.